The van der Waals surface area contributed by atoms with E-state index in [0.29, 0.717) is 11.3 Å². The number of aryl methyl sites for hydroxylation is 2. The molecule has 3 nitrogen and oxygen atoms in total. The fraction of sp³-hybridized carbons (Fsp3) is 0.105. The zero-order valence-corrected chi connectivity index (χ0v) is 12.6. The predicted octanol–water partition coefficient (Wildman–Crippen LogP) is 4.41. The molecule has 3 aromatic rings. The minimum absolute atomic E-state index is 0.154. The Morgan fingerprint density at radius 3 is 2.41 bits per heavy atom. The van der Waals surface area contributed by atoms with E-state index in [1.807, 2.05) is 56.3 Å². The molecule has 110 valence electrons. The van der Waals surface area contributed by atoms with Crippen LogP contribution in [0.4, 0.5) is 5.69 Å². The van der Waals surface area contributed by atoms with E-state index in [-0.39, 0.29) is 11.7 Å². The molecule has 0 saturated heterocycles. The van der Waals surface area contributed by atoms with Crippen LogP contribution in [0.3, 0.4) is 0 Å². The van der Waals surface area contributed by atoms with Crippen molar-refractivity contribution in [2.24, 2.45) is 0 Å². The number of carbonyl (C=O) groups is 1. The number of fused-ring (bicyclic) bond motifs is 1. The second kappa shape index (κ2) is 5.53. The third-order valence-electron chi connectivity index (χ3n) is 3.92. The van der Waals surface area contributed by atoms with Gasteiger partial charge in [0.25, 0.3) is 5.91 Å². The van der Waals surface area contributed by atoms with Gasteiger partial charge in [-0.2, -0.15) is 0 Å². The van der Waals surface area contributed by atoms with Gasteiger partial charge in [0, 0.05) is 22.0 Å². The number of nitrogens with one attached hydrogen (secondary N) is 1. The number of hydrogen-bond donors (Lipinski definition) is 2. The maximum Gasteiger partial charge on any atom is 0.255 e. The first-order chi connectivity index (χ1) is 10.6. The summed E-state index contributed by atoms with van der Waals surface area (Å²) in [5, 5.41) is 14.4. The van der Waals surface area contributed by atoms with Gasteiger partial charge < -0.3 is 10.4 Å². The lowest BCUT2D eigenvalue weighted by Crippen LogP contribution is -2.12. The highest BCUT2D eigenvalue weighted by Crippen LogP contribution is 2.30. The molecule has 0 aliphatic heterocycles. The lowest BCUT2D eigenvalue weighted by atomic mass is 10.0. The van der Waals surface area contributed by atoms with Crippen LogP contribution in [0.1, 0.15) is 21.5 Å². The largest absolute Gasteiger partial charge is 0.507 e. The Balaban J connectivity index is 1.97. The number of benzene rings is 3. The molecule has 2 N–H and O–H groups in total. The molecule has 0 bridgehead atoms. The van der Waals surface area contributed by atoms with Crippen LogP contribution in [-0.4, -0.2) is 11.0 Å². The lowest BCUT2D eigenvalue weighted by molar-refractivity contribution is 0.102. The number of hydrogen-bond acceptors (Lipinski definition) is 2. The van der Waals surface area contributed by atoms with E-state index in [1.54, 1.807) is 12.1 Å². The third kappa shape index (κ3) is 2.53. The molecule has 0 unspecified atom stereocenters. The van der Waals surface area contributed by atoms with Crippen LogP contribution in [0.5, 0.6) is 5.75 Å². The SMILES string of the molecule is Cc1ccc(C(=O)Nc2cccc3c(O)cccc23)cc1C. The Labute approximate surface area is 129 Å². The first kappa shape index (κ1) is 14.1. The number of rotatable bonds is 2. The van der Waals surface area contributed by atoms with Crippen LogP contribution in [0, 0.1) is 13.8 Å². The molecular formula is C19H17NO2. The highest BCUT2D eigenvalue weighted by Gasteiger charge is 2.10. The van der Waals surface area contributed by atoms with E-state index >= 15 is 0 Å². The van der Waals surface area contributed by atoms with Gasteiger partial charge in [-0.05, 0) is 49.2 Å². The van der Waals surface area contributed by atoms with E-state index in [0.717, 1.165) is 21.9 Å². The highest BCUT2D eigenvalue weighted by atomic mass is 16.3. The third-order valence-corrected chi connectivity index (χ3v) is 3.92. The molecule has 0 aromatic heterocycles. The molecular weight excluding hydrogens is 274 g/mol. The number of phenols is 1. The Bertz CT molecular complexity index is 868. The number of aromatic hydroxyl groups is 1. The summed E-state index contributed by atoms with van der Waals surface area (Å²) in [4.78, 5) is 12.4. The van der Waals surface area contributed by atoms with Crippen LogP contribution >= 0.6 is 0 Å². The van der Waals surface area contributed by atoms with Gasteiger partial charge in [-0.15, -0.1) is 0 Å². The quantitative estimate of drug-likeness (QED) is 0.734. The number of phenolic OH excluding ortho intramolecular Hbond substituents is 1. The van der Waals surface area contributed by atoms with Crippen molar-refractivity contribution < 1.29 is 9.90 Å². The van der Waals surface area contributed by atoms with Gasteiger partial charge in [-0.3, -0.25) is 4.79 Å². The minimum Gasteiger partial charge on any atom is -0.507 e. The Morgan fingerprint density at radius 2 is 1.64 bits per heavy atom. The topological polar surface area (TPSA) is 49.3 Å². The van der Waals surface area contributed by atoms with Gasteiger partial charge in [-0.1, -0.05) is 30.3 Å². The maximum absolute atomic E-state index is 12.4. The van der Waals surface area contributed by atoms with E-state index in [4.69, 9.17) is 0 Å². The van der Waals surface area contributed by atoms with Crippen molar-refractivity contribution in [2.75, 3.05) is 5.32 Å². The number of carbonyl (C=O) groups excluding carboxylic acids is 1. The molecule has 0 aliphatic carbocycles. The van der Waals surface area contributed by atoms with Crippen molar-refractivity contribution in [3.05, 3.63) is 71.3 Å². The van der Waals surface area contributed by atoms with E-state index in [1.165, 1.54) is 0 Å². The zero-order chi connectivity index (χ0) is 15.7. The standard InChI is InChI=1S/C19H17NO2/c1-12-9-10-14(11-13(12)2)19(22)20-17-7-3-6-16-15(17)5-4-8-18(16)21/h3-11,21H,1-2H3,(H,20,22). The first-order valence-electron chi connectivity index (χ1n) is 7.15. The number of amides is 1. The first-order valence-corrected chi connectivity index (χ1v) is 7.15. The average Bonchev–Trinajstić information content (AvgIpc) is 2.51. The molecule has 3 rings (SSSR count). The molecule has 0 saturated carbocycles. The average molecular weight is 291 g/mol. The molecule has 0 spiro atoms. The summed E-state index contributed by atoms with van der Waals surface area (Å²) in [6.07, 6.45) is 0. The molecule has 0 heterocycles. The van der Waals surface area contributed by atoms with Crippen molar-refractivity contribution in [2.45, 2.75) is 13.8 Å². The van der Waals surface area contributed by atoms with Crippen molar-refractivity contribution >= 4 is 22.4 Å². The second-order valence-electron chi connectivity index (χ2n) is 5.43. The van der Waals surface area contributed by atoms with Crippen molar-refractivity contribution in [1.82, 2.24) is 0 Å². The van der Waals surface area contributed by atoms with E-state index < -0.39 is 0 Å². The second-order valence-corrected chi connectivity index (χ2v) is 5.43. The van der Waals surface area contributed by atoms with Crippen LogP contribution < -0.4 is 5.32 Å². The summed E-state index contributed by atoms with van der Waals surface area (Å²) in [5.74, 6) is 0.0544. The van der Waals surface area contributed by atoms with Gasteiger partial charge in [0.05, 0.1) is 0 Å². The minimum atomic E-state index is -0.154. The summed E-state index contributed by atoms with van der Waals surface area (Å²) in [6.45, 7) is 4.01. The monoisotopic (exact) mass is 291 g/mol. The Morgan fingerprint density at radius 1 is 0.909 bits per heavy atom. The fourth-order valence-corrected chi connectivity index (χ4v) is 2.48. The van der Waals surface area contributed by atoms with Gasteiger partial charge in [-0.25, -0.2) is 0 Å². The van der Waals surface area contributed by atoms with Gasteiger partial charge >= 0.3 is 0 Å². The van der Waals surface area contributed by atoms with Crippen LogP contribution in [0.2, 0.25) is 0 Å². The van der Waals surface area contributed by atoms with Gasteiger partial charge in [0.15, 0.2) is 0 Å². The lowest BCUT2D eigenvalue weighted by Gasteiger charge is -2.10. The smallest absolute Gasteiger partial charge is 0.255 e. The van der Waals surface area contributed by atoms with Gasteiger partial charge in [0.1, 0.15) is 5.75 Å². The molecule has 1 amide bonds. The summed E-state index contributed by atoms with van der Waals surface area (Å²) < 4.78 is 0. The zero-order valence-electron chi connectivity index (χ0n) is 12.6. The van der Waals surface area contributed by atoms with Crippen molar-refractivity contribution in [3.63, 3.8) is 0 Å². The van der Waals surface area contributed by atoms with Crippen LogP contribution in [-0.2, 0) is 0 Å². The van der Waals surface area contributed by atoms with E-state index in [2.05, 4.69) is 5.32 Å². The molecule has 0 fully saturated rings. The van der Waals surface area contributed by atoms with Crippen molar-refractivity contribution in [3.8, 4) is 5.75 Å². The Hall–Kier alpha value is -2.81. The maximum atomic E-state index is 12.4. The summed E-state index contributed by atoms with van der Waals surface area (Å²) in [7, 11) is 0. The van der Waals surface area contributed by atoms with Crippen LogP contribution in [0.15, 0.2) is 54.6 Å². The molecule has 3 aromatic carbocycles. The molecule has 0 radical (unpaired) electrons. The normalized spacial score (nSPS) is 10.6. The summed E-state index contributed by atoms with van der Waals surface area (Å²) in [6, 6.07) is 16.4. The van der Waals surface area contributed by atoms with E-state index in [9.17, 15) is 9.90 Å². The molecule has 3 heteroatoms. The number of anilines is 1. The summed E-state index contributed by atoms with van der Waals surface area (Å²) in [5.41, 5.74) is 3.56. The highest BCUT2D eigenvalue weighted by molar-refractivity contribution is 6.10. The molecule has 0 aliphatic rings. The fourth-order valence-electron chi connectivity index (χ4n) is 2.48. The summed E-state index contributed by atoms with van der Waals surface area (Å²) >= 11 is 0. The van der Waals surface area contributed by atoms with Crippen LogP contribution in [0.25, 0.3) is 10.8 Å². The van der Waals surface area contributed by atoms with Gasteiger partial charge in [0.2, 0.25) is 0 Å². The Kier molecular flexibility index (Phi) is 3.55. The predicted molar refractivity (Wildman–Crippen MR) is 89.5 cm³/mol. The molecule has 0 atom stereocenters. The molecule has 22 heavy (non-hydrogen) atoms. The van der Waals surface area contributed by atoms with Crippen molar-refractivity contribution in [1.29, 1.82) is 0 Å².